The zero-order chi connectivity index (χ0) is 28.6. The Balaban J connectivity index is 1.38. The number of benzene rings is 3. The van der Waals surface area contributed by atoms with Crippen LogP contribution in [0.1, 0.15) is 53.8 Å². The van der Waals surface area contributed by atoms with Crippen LogP contribution in [0.2, 0.25) is 5.02 Å². The van der Waals surface area contributed by atoms with E-state index in [1.807, 2.05) is 37.3 Å². The predicted octanol–water partition coefficient (Wildman–Crippen LogP) is 8.57. The number of amides is 1. The first-order valence-corrected chi connectivity index (χ1v) is 14.3. The van der Waals surface area contributed by atoms with Crippen molar-refractivity contribution in [1.29, 1.82) is 0 Å². The number of hydrogen-bond donors (Lipinski definition) is 1. The van der Waals surface area contributed by atoms with Crippen LogP contribution in [0, 0.1) is 20.8 Å². The molecule has 1 aliphatic rings. The minimum atomic E-state index is -0.566. The highest BCUT2D eigenvalue weighted by molar-refractivity contribution is 7.10. The number of halogens is 1. The number of methoxy groups -OCH3 is 1. The number of aromatic nitrogens is 1. The molecule has 1 aromatic heterocycles. The molecule has 1 N–H and O–H groups in total. The molecular formula is C32H31ClN2O4S. The van der Waals surface area contributed by atoms with Crippen LogP contribution < -0.4 is 5.32 Å². The molecule has 0 bridgehead atoms. The Bertz CT molecular complexity index is 1590. The number of esters is 1. The molecule has 1 amide bonds. The minimum Gasteiger partial charge on any atom is -0.468 e. The van der Waals surface area contributed by atoms with Crippen molar-refractivity contribution in [2.75, 3.05) is 12.4 Å². The Morgan fingerprint density at radius 3 is 2.30 bits per heavy atom. The molecule has 0 spiro atoms. The zero-order valence-corrected chi connectivity index (χ0v) is 24.7. The molecule has 1 heterocycles. The molecule has 8 heteroatoms. The second kappa shape index (κ2) is 11.1. The van der Waals surface area contributed by atoms with Crippen LogP contribution in [-0.4, -0.2) is 23.5 Å². The molecule has 5 rings (SSSR count). The SMILES string of the molecule is COC(=O)C1(c2ccc(-c3cc(C)c(-c4snc(C)c4NC(=O)O[C@H](C)c4ccccc4Cl)cc3C)cc2)CC1. The molecule has 1 saturated carbocycles. The number of rotatable bonds is 7. The van der Waals surface area contributed by atoms with Crippen LogP contribution in [-0.2, 0) is 19.7 Å². The van der Waals surface area contributed by atoms with Gasteiger partial charge < -0.3 is 9.47 Å². The van der Waals surface area contributed by atoms with Crippen LogP contribution in [0.15, 0.2) is 60.7 Å². The Morgan fingerprint density at radius 1 is 1.00 bits per heavy atom. The monoisotopic (exact) mass is 574 g/mol. The van der Waals surface area contributed by atoms with Crippen molar-refractivity contribution >= 4 is 40.9 Å². The molecule has 6 nitrogen and oxygen atoms in total. The molecule has 3 aromatic carbocycles. The van der Waals surface area contributed by atoms with E-state index in [1.54, 1.807) is 13.0 Å². The maximum Gasteiger partial charge on any atom is 0.412 e. The summed E-state index contributed by atoms with van der Waals surface area (Å²) in [6.07, 6.45) is 0.566. The van der Waals surface area contributed by atoms with Crippen LogP contribution in [0.5, 0.6) is 0 Å². The topological polar surface area (TPSA) is 77.5 Å². The Morgan fingerprint density at radius 2 is 1.65 bits per heavy atom. The molecule has 40 heavy (non-hydrogen) atoms. The standard InChI is InChI=1S/C32H31ClN2O4S/c1-18-17-26(19(2)16-25(18)22-10-12-23(13-11-22)32(14-15-32)30(36)38-5)29-28(20(3)35-40-29)34-31(37)39-21(4)24-8-6-7-9-27(24)33/h6-13,16-17,21H,14-15H2,1-5H3,(H,34,37)/t21-/m1/s1. The number of nitrogens with one attached hydrogen (secondary N) is 1. The zero-order valence-electron chi connectivity index (χ0n) is 23.1. The Hall–Kier alpha value is -3.68. The van der Waals surface area contributed by atoms with Crippen molar-refractivity contribution in [2.45, 2.75) is 52.1 Å². The summed E-state index contributed by atoms with van der Waals surface area (Å²) in [6.45, 7) is 7.79. The largest absolute Gasteiger partial charge is 0.468 e. The van der Waals surface area contributed by atoms with Crippen molar-refractivity contribution in [3.05, 3.63) is 93.6 Å². The van der Waals surface area contributed by atoms with Gasteiger partial charge in [0.15, 0.2) is 0 Å². The van der Waals surface area contributed by atoms with Gasteiger partial charge in [0.25, 0.3) is 0 Å². The lowest BCUT2D eigenvalue weighted by Gasteiger charge is -2.17. The first-order chi connectivity index (χ1) is 19.1. The molecule has 0 aliphatic heterocycles. The molecule has 206 valence electrons. The van der Waals surface area contributed by atoms with E-state index in [2.05, 4.69) is 47.8 Å². The van der Waals surface area contributed by atoms with Crippen molar-refractivity contribution in [2.24, 2.45) is 0 Å². The van der Waals surface area contributed by atoms with E-state index in [4.69, 9.17) is 21.1 Å². The maximum absolute atomic E-state index is 12.9. The Kier molecular flexibility index (Phi) is 7.71. The summed E-state index contributed by atoms with van der Waals surface area (Å²) in [7, 11) is 1.44. The number of aryl methyl sites for hydroxylation is 3. The number of carbonyl (C=O) groups is 2. The van der Waals surface area contributed by atoms with Crippen LogP contribution in [0.25, 0.3) is 21.6 Å². The molecule has 0 unspecified atom stereocenters. The van der Waals surface area contributed by atoms with Crippen molar-refractivity contribution in [1.82, 2.24) is 4.37 Å². The highest BCUT2D eigenvalue weighted by atomic mass is 35.5. The highest BCUT2D eigenvalue weighted by Crippen LogP contribution is 2.49. The van der Waals surface area contributed by atoms with Gasteiger partial charge in [-0.1, -0.05) is 60.1 Å². The van der Waals surface area contributed by atoms with Gasteiger partial charge in [0.2, 0.25) is 0 Å². The molecule has 0 radical (unpaired) electrons. The van der Waals surface area contributed by atoms with E-state index in [-0.39, 0.29) is 5.97 Å². The third-order valence-electron chi connectivity index (χ3n) is 7.61. The maximum atomic E-state index is 12.9. The first-order valence-electron chi connectivity index (χ1n) is 13.1. The van der Waals surface area contributed by atoms with Gasteiger partial charge in [0.05, 0.1) is 28.8 Å². The van der Waals surface area contributed by atoms with Gasteiger partial charge in [0.1, 0.15) is 6.10 Å². The van der Waals surface area contributed by atoms with Crippen molar-refractivity contribution < 1.29 is 19.1 Å². The summed E-state index contributed by atoms with van der Waals surface area (Å²) in [5.41, 5.74) is 7.96. The smallest absolute Gasteiger partial charge is 0.412 e. The number of anilines is 1. The fraction of sp³-hybridized carbons (Fsp3) is 0.281. The van der Waals surface area contributed by atoms with Gasteiger partial charge >= 0.3 is 12.1 Å². The van der Waals surface area contributed by atoms with Gasteiger partial charge in [-0.3, -0.25) is 10.1 Å². The quantitative estimate of drug-likeness (QED) is 0.224. The van der Waals surface area contributed by atoms with Gasteiger partial charge in [-0.2, -0.15) is 4.37 Å². The van der Waals surface area contributed by atoms with Gasteiger partial charge in [-0.15, -0.1) is 0 Å². The number of hydrogen-bond acceptors (Lipinski definition) is 6. The first kappa shape index (κ1) is 27.9. The average Bonchev–Trinajstić information content (AvgIpc) is 3.68. The summed E-state index contributed by atoms with van der Waals surface area (Å²) < 4.78 is 15.2. The van der Waals surface area contributed by atoms with Crippen LogP contribution in [0.4, 0.5) is 10.5 Å². The lowest BCUT2D eigenvalue weighted by atomic mass is 9.91. The third-order valence-corrected chi connectivity index (χ3v) is 8.92. The second-order valence-corrected chi connectivity index (χ2v) is 11.5. The van der Waals surface area contributed by atoms with Gasteiger partial charge in [0, 0.05) is 10.6 Å². The van der Waals surface area contributed by atoms with Gasteiger partial charge in [-0.05, 0) is 97.6 Å². The average molecular weight is 575 g/mol. The Labute approximate surface area is 243 Å². The lowest BCUT2D eigenvalue weighted by Crippen LogP contribution is -2.21. The second-order valence-electron chi connectivity index (χ2n) is 10.3. The normalized spacial score (nSPS) is 14.3. The summed E-state index contributed by atoms with van der Waals surface area (Å²) in [6, 6.07) is 19.8. The van der Waals surface area contributed by atoms with E-state index < -0.39 is 17.6 Å². The third kappa shape index (κ3) is 5.23. The minimum absolute atomic E-state index is 0.164. The van der Waals surface area contributed by atoms with Crippen molar-refractivity contribution in [3.8, 4) is 21.6 Å². The van der Waals surface area contributed by atoms with E-state index in [0.717, 1.165) is 62.4 Å². The van der Waals surface area contributed by atoms with Crippen molar-refractivity contribution in [3.63, 3.8) is 0 Å². The number of carbonyl (C=O) groups excluding carboxylic acids is 2. The summed E-state index contributed by atoms with van der Waals surface area (Å²) >= 11 is 7.62. The fourth-order valence-corrected chi connectivity index (χ4v) is 6.35. The summed E-state index contributed by atoms with van der Waals surface area (Å²) in [4.78, 5) is 26.0. The lowest BCUT2D eigenvalue weighted by molar-refractivity contribution is -0.143. The molecule has 1 aliphatic carbocycles. The molecular weight excluding hydrogens is 544 g/mol. The van der Waals surface area contributed by atoms with Gasteiger partial charge in [-0.25, -0.2) is 4.79 Å². The van der Waals surface area contributed by atoms with Crippen LogP contribution >= 0.6 is 23.1 Å². The van der Waals surface area contributed by atoms with Crippen LogP contribution in [0.3, 0.4) is 0 Å². The van der Waals surface area contributed by atoms with E-state index in [9.17, 15) is 9.59 Å². The van der Waals surface area contributed by atoms with E-state index in [0.29, 0.717) is 10.7 Å². The van der Waals surface area contributed by atoms with E-state index >= 15 is 0 Å². The number of ether oxygens (including phenoxy) is 2. The number of nitrogens with zero attached hydrogens (tertiary/aromatic N) is 1. The molecule has 1 fully saturated rings. The highest BCUT2D eigenvalue weighted by Gasteiger charge is 2.52. The van der Waals surface area contributed by atoms with E-state index in [1.165, 1.54) is 18.6 Å². The molecule has 1 atom stereocenters. The summed E-state index contributed by atoms with van der Waals surface area (Å²) in [5, 5.41) is 3.47. The molecule has 0 saturated heterocycles. The predicted molar refractivity (Wildman–Crippen MR) is 160 cm³/mol. The fourth-order valence-electron chi connectivity index (χ4n) is 5.13. The molecule has 4 aromatic rings. The summed E-state index contributed by atoms with van der Waals surface area (Å²) in [5.74, 6) is -0.164.